The quantitative estimate of drug-likeness (QED) is 0.890. The van der Waals surface area contributed by atoms with Crippen molar-refractivity contribution in [3.8, 4) is 0 Å². The van der Waals surface area contributed by atoms with Crippen LogP contribution in [-0.2, 0) is 0 Å². The minimum Gasteiger partial charge on any atom is -0.439 e. The third-order valence-corrected chi connectivity index (χ3v) is 3.76. The molecule has 1 aliphatic heterocycles. The average Bonchev–Trinajstić information content (AvgIpc) is 3.04. The van der Waals surface area contributed by atoms with Crippen molar-refractivity contribution < 1.29 is 9.21 Å². The third kappa shape index (κ3) is 2.26. The zero-order valence-corrected chi connectivity index (χ0v) is 12.1. The second-order valence-corrected chi connectivity index (χ2v) is 5.50. The number of nitrogens with zero attached hydrogens (tertiary/aromatic N) is 1. The lowest BCUT2D eigenvalue weighted by atomic mass is 10.2. The van der Waals surface area contributed by atoms with Gasteiger partial charge in [-0.3, -0.25) is 4.79 Å². The Balaban J connectivity index is 2.12. The van der Waals surface area contributed by atoms with E-state index < -0.39 is 0 Å². The van der Waals surface area contributed by atoms with Crippen molar-refractivity contribution in [3.05, 3.63) is 28.1 Å². The summed E-state index contributed by atoms with van der Waals surface area (Å²) in [6.07, 6.45) is 2.14. The predicted octanol–water partition coefficient (Wildman–Crippen LogP) is 2.37. The molecule has 1 saturated heterocycles. The Morgan fingerprint density at radius 2 is 2.42 bits per heavy atom. The molecule has 6 heteroatoms. The first-order valence-electron chi connectivity index (χ1n) is 6.24. The molecule has 100 valence electrons. The Morgan fingerprint density at radius 3 is 3.11 bits per heavy atom. The minimum atomic E-state index is -0.162. The van der Waals surface area contributed by atoms with Gasteiger partial charge in [-0.1, -0.05) is 15.9 Å². The standard InChI is InChI=1S/C13H14BrN3O2/c1-15-12(18)8-5-7(14)6-10-11(8)17-13(19-10)9-3-2-4-16-9/h5-6,9,16H,2-4H2,1H3,(H,15,18)/t9-/m0/s1. The van der Waals surface area contributed by atoms with E-state index in [1.54, 1.807) is 13.1 Å². The van der Waals surface area contributed by atoms with Crippen molar-refractivity contribution in [2.24, 2.45) is 0 Å². The van der Waals surface area contributed by atoms with Crippen molar-refractivity contribution in [1.29, 1.82) is 0 Å². The lowest BCUT2D eigenvalue weighted by Crippen LogP contribution is -2.18. The molecule has 2 heterocycles. The number of halogens is 1. The molecule has 0 radical (unpaired) electrons. The van der Waals surface area contributed by atoms with Gasteiger partial charge in [-0.25, -0.2) is 4.98 Å². The first kappa shape index (κ1) is 12.6. The van der Waals surface area contributed by atoms with Crippen LogP contribution in [-0.4, -0.2) is 24.5 Å². The van der Waals surface area contributed by atoms with Crippen molar-refractivity contribution in [2.45, 2.75) is 18.9 Å². The Hall–Kier alpha value is -1.40. The summed E-state index contributed by atoms with van der Waals surface area (Å²) in [5, 5.41) is 5.96. The molecule has 1 atom stereocenters. The van der Waals surface area contributed by atoms with Gasteiger partial charge in [0.05, 0.1) is 11.6 Å². The van der Waals surface area contributed by atoms with Crippen molar-refractivity contribution in [2.75, 3.05) is 13.6 Å². The van der Waals surface area contributed by atoms with Crippen LogP contribution in [0, 0.1) is 0 Å². The number of amides is 1. The van der Waals surface area contributed by atoms with Gasteiger partial charge in [0, 0.05) is 11.5 Å². The van der Waals surface area contributed by atoms with Gasteiger partial charge in [-0.2, -0.15) is 0 Å². The van der Waals surface area contributed by atoms with Gasteiger partial charge in [0.15, 0.2) is 5.58 Å². The first-order valence-corrected chi connectivity index (χ1v) is 7.04. The number of fused-ring (bicyclic) bond motifs is 1. The van der Waals surface area contributed by atoms with Crippen molar-refractivity contribution in [3.63, 3.8) is 0 Å². The second-order valence-electron chi connectivity index (χ2n) is 4.58. The van der Waals surface area contributed by atoms with Crippen molar-refractivity contribution in [1.82, 2.24) is 15.6 Å². The molecule has 1 amide bonds. The molecule has 1 aliphatic rings. The molecule has 0 unspecified atom stereocenters. The van der Waals surface area contributed by atoms with Crippen LogP contribution < -0.4 is 10.6 Å². The van der Waals surface area contributed by atoms with E-state index in [4.69, 9.17) is 4.42 Å². The van der Waals surface area contributed by atoms with Gasteiger partial charge in [0.25, 0.3) is 5.91 Å². The van der Waals surface area contributed by atoms with E-state index in [1.165, 1.54) is 0 Å². The summed E-state index contributed by atoms with van der Waals surface area (Å²) in [4.78, 5) is 16.4. The van der Waals surface area contributed by atoms with Crippen LogP contribution in [0.3, 0.4) is 0 Å². The molecule has 19 heavy (non-hydrogen) atoms. The average molecular weight is 324 g/mol. The first-order chi connectivity index (χ1) is 9.19. The third-order valence-electron chi connectivity index (χ3n) is 3.31. The van der Waals surface area contributed by atoms with Gasteiger partial charge in [-0.05, 0) is 31.5 Å². The number of hydrogen-bond donors (Lipinski definition) is 2. The lowest BCUT2D eigenvalue weighted by Gasteiger charge is -2.02. The molecule has 0 bridgehead atoms. The van der Waals surface area contributed by atoms with Crippen LogP contribution in [0.25, 0.3) is 11.1 Å². The molecule has 5 nitrogen and oxygen atoms in total. The largest absolute Gasteiger partial charge is 0.439 e. The fraction of sp³-hybridized carbons (Fsp3) is 0.385. The highest BCUT2D eigenvalue weighted by Crippen LogP contribution is 2.29. The van der Waals surface area contributed by atoms with Crippen LogP contribution in [0.15, 0.2) is 21.0 Å². The van der Waals surface area contributed by atoms with Crippen molar-refractivity contribution >= 4 is 32.9 Å². The number of rotatable bonds is 2. The number of benzene rings is 1. The smallest absolute Gasteiger partial charge is 0.253 e. The van der Waals surface area contributed by atoms with Gasteiger partial charge in [0.1, 0.15) is 5.52 Å². The molecular weight excluding hydrogens is 310 g/mol. The van der Waals surface area contributed by atoms with E-state index in [2.05, 4.69) is 31.5 Å². The molecule has 2 aromatic rings. The molecule has 0 spiro atoms. The highest BCUT2D eigenvalue weighted by Gasteiger charge is 2.23. The fourth-order valence-corrected chi connectivity index (χ4v) is 2.80. The zero-order chi connectivity index (χ0) is 13.4. The van der Waals surface area contributed by atoms with Gasteiger partial charge < -0.3 is 15.1 Å². The fourth-order valence-electron chi connectivity index (χ4n) is 2.37. The maximum atomic E-state index is 11.9. The molecular formula is C13H14BrN3O2. The Labute approximate surface area is 118 Å². The van der Waals surface area contributed by atoms with E-state index in [0.717, 1.165) is 23.9 Å². The van der Waals surface area contributed by atoms with E-state index in [0.29, 0.717) is 22.6 Å². The summed E-state index contributed by atoms with van der Waals surface area (Å²) in [7, 11) is 1.61. The number of carbonyl (C=O) groups excluding carboxylic acids is 1. The van der Waals surface area contributed by atoms with Crippen LogP contribution >= 0.6 is 15.9 Å². The van der Waals surface area contributed by atoms with Gasteiger partial charge >= 0.3 is 0 Å². The highest BCUT2D eigenvalue weighted by molar-refractivity contribution is 9.10. The summed E-state index contributed by atoms with van der Waals surface area (Å²) in [6.45, 7) is 0.982. The minimum absolute atomic E-state index is 0.156. The summed E-state index contributed by atoms with van der Waals surface area (Å²) < 4.78 is 6.59. The van der Waals surface area contributed by atoms with Gasteiger partial charge in [0.2, 0.25) is 5.89 Å². The number of nitrogens with one attached hydrogen (secondary N) is 2. The number of oxazole rings is 1. The Bertz CT molecular complexity index is 632. The number of hydrogen-bond acceptors (Lipinski definition) is 4. The monoisotopic (exact) mass is 323 g/mol. The number of carbonyl (C=O) groups is 1. The lowest BCUT2D eigenvalue weighted by molar-refractivity contribution is 0.0964. The van der Waals surface area contributed by atoms with Gasteiger partial charge in [-0.15, -0.1) is 0 Å². The van der Waals surface area contributed by atoms with E-state index in [-0.39, 0.29) is 11.9 Å². The van der Waals surface area contributed by atoms with Crippen LogP contribution in [0.4, 0.5) is 0 Å². The molecule has 0 saturated carbocycles. The normalized spacial score (nSPS) is 18.9. The Morgan fingerprint density at radius 1 is 1.58 bits per heavy atom. The predicted molar refractivity (Wildman–Crippen MR) is 75.1 cm³/mol. The SMILES string of the molecule is CNC(=O)c1cc(Br)cc2oc([C@@H]3CCCN3)nc12. The molecule has 0 aliphatic carbocycles. The summed E-state index contributed by atoms with van der Waals surface area (Å²) in [5.74, 6) is 0.501. The van der Waals surface area contributed by atoms with E-state index >= 15 is 0 Å². The highest BCUT2D eigenvalue weighted by atomic mass is 79.9. The maximum absolute atomic E-state index is 11.9. The molecule has 3 rings (SSSR count). The summed E-state index contributed by atoms with van der Waals surface area (Å²) in [6, 6.07) is 3.76. The summed E-state index contributed by atoms with van der Waals surface area (Å²) in [5.41, 5.74) is 1.78. The molecule has 2 N–H and O–H groups in total. The van der Waals surface area contributed by atoms with Crippen LogP contribution in [0.2, 0.25) is 0 Å². The maximum Gasteiger partial charge on any atom is 0.253 e. The van der Waals surface area contributed by atoms with E-state index in [1.807, 2.05) is 6.07 Å². The van der Waals surface area contributed by atoms with Crippen LogP contribution in [0.1, 0.15) is 35.1 Å². The zero-order valence-electron chi connectivity index (χ0n) is 10.5. The number of aromatic nitrogens is 1. The Kier molecular flexibility index (Phi) is 3.28. The molecule has 1 fully saturated rings. The molecule has 1 aromatic carbocycles. The molecule has 1 aromatic heterocycles. The second kappa shape index (κ2) is 4.94. The van der Waals surface area contributed by atoms with E-state index in [9.17, 15) is 4.79 Å². The van der Waals surface area contributed by atoms with Crippen LogP contribution in [0.5, 0.6) is 0 Å². The summed E-state index contributed by atoms with van der Waals surface area (Å²) >= 11 is 3.39. The topological polar surface area (TPSA) is 67.2 Å².